The molecule has 3 N–H and O–H groups in total. The van der Waals surface area contributed by atoms with Gasteiger partial charge in [-0.15, -0.1) is 0 Å². The van der Waals surface area contributed by atoms with Gasteiger partial charge in [0.05, 0.1) is 0 Å². The number of rotatable bonds is 3. The third-order valence-corrected chi connectivity index (χ3v) is 4.60. The maximum absolute atomic E-state index is 7.39. The standard InChI is InChI=1S/C17H16N3S/c1-20-14-4-2-3-5-15(14)21-16(20)11-8-12-6-9-13(10-7-12)17(18)19/h2-11H,1H3,(H3,18,19)/q+1. The van der Waals surface area contributed by atoms with Crippen LogP contribution in [0.2, 0.25) is 0 Å². The monoisotopic (exact) mass is 294 g/mol. The SMILES string of the molecule is C[n+]1c(C=Cc2ccc(C(=N)N)cc2)sc2ccccc21. The highest BCUT2D eigenvalue weighted by atomic mass is 32.1. The summed E-state index contributed by atoms with van der Waals surface area (Å²) in [5, 5.41) is 8.59. The van der Waals surface area contributed by atoms with Crippen LogP contribution >= 0.6 is 11.3 Å². The summed E-state index contributed by atoms with van der Waals surface area (Å²) in [6.07, 6.45) is 4.20. The number of nitrogens with two attached hydrogens (primary N) is 1. The third kappa shape index (κ3) is 2.71. The number of fused-ring (bicyclic) bond motifs is 1. The first-order valence-corrected chi connectivity index (χ1v) is 7.47. The molecule has 3 nitrogen and oxygen atoms in total. The van der Waals surface area contributed by atoms with Crippen LogP contribution in [0.5, 0.6) is 0 Å². The number of thiazole rings is 1. The minimum atomic E-state index is 0.0986. The van der Waals surface area contributed by atoms with Gasteiger partial charge in [-0.2, -0.15) is 4.57 Å². The van der Waals surface area contributed by atoms with Gasteiger partial charge in [-0.25, -0.2) is 0 Å². The molecule has 0 amide bonds. The number of nitrogens with one attached hydrogen (secondary N) is 1. The first kappa shape index (κ1) is 13.5. The third-order valence-electron chi connectivity index (χ3n) is 3.41. The van der Waals surface area contributed by atoms with Gasteiger partial charge in [-0.1, -0.05) is 47.7 Å². The van der Waals surface area contributed by atoms with E-state index in [0.29, 0.717) is 0 Å². The number of para-hydroxylation sites is 1. The van der Waals surface area contributed by atoms with Crippen molar-refractivity contribution in [2.45, 2.75) is 0 Å². The Morgan fingerprint density at radius 2 is 1.81 bits per heavy atom. The molecule has 1 aromatic heterocycles. The van der Waals surface area contributed by atoms with Gasteiger partial charge in [-0.05, 0) is 17.7 Å². The van der Waals surface area contributed by atoms with Crippen LogP contribution in [0.25, 0.3) is 22.4 Å². The lowest BCUT2D eigenvalue weighted by atomic mass is 10.1. The normalized spacial score (nSPS) is 11.3. The van der Waals surface area contributed by atoms with Crippen LogP contribution in [0.15, 0.2) is 48.5 Å². The summed E-state index contributed by atoms with van der Waals surface area (Å²) in [5.41, 5.74) is 8.54. The molecule has 0 radical (unpaired) electrons. The van der Waals surface area contributed by atoms with Gasteiger partial charge in [0.15, 0.2) is 0 Å². The lowest BCUT2D eigenvalue weighted by Crippen LogP contribution is -2.28. The molecule has 0 atom stereocenters. The maximum atomic E-state index is 7.39. The lowest BCUT2D eigenvalue weighted by Gasteiger charge is -1.97. The molecular formula is C17H16N3S+. The summed E-state index contributed by atoms with van der Waals surface area (Å²) < 4.78 is 3.48. The highest BCUT2D eigenvalue weighted by Crippen LogP contribution is 2.21. The summed E-state index contributed by atoms with van der Waals surface area (Å²) in [7, 11) is 2.08. The second-order valence-electron chi connectivity index (χ2n) is 4.84. The molecule has 104 valence electrons. The minimum Gasteiger partial charge on any atom is -0.384 e. The van der Waals surface area contributed by atoms with Crippen LogP contribution in [-0.4, -0.2) is 5.84 Å². The molecule has 0 aliphatic heterocycles. The summed E-state index contributed by atoms with van der Waals surface area (Å²) >= 11 is 1.77. The lowest BCUT2D eigenvalue weighted by molar-refractivity contribution is -0.642. The van der Waals surface area contributed by atoms with Gasteiger partial charge < -0.3 is 5.73 Å². The van der Waals surface area contributed by atoms with E-state index < -0.39 is 0 Å². The fourth-order valence-corrected chi connectivity index (χ4v) is 3.26. The molecule has 0 fully saturated rings. The summed E-state index contributed by atoms with van der Waals surface area (Å²) in [6.45, 7) is 0. The van der Waals surface area contributed by atoms with E-state index in [1.165, 1.54) is 15.2 Å². The van der Waals surface area contributed by atoms with Crippen molar-refractivity contribution in [3.8, 4) is 0 Å². The highest BCUT2D eigenvalue weighted by Gasteiger charge is 2.13. The van der Waals surface area contributed by atoms with E-state index in [4.69, 9.17) is 11.1 Å². The van der Waals surface area contributed by atoms with Crippen molar-refractivity contribution < 1.29 is 4.57 Å². The van der Waals surface area contributed by atoms with Gasteiger partial charge in [0, 0.05) is 17.7 Å². The Morgan fingerprint density at radius 1 is 1.10 bits per heavy atom. The fraction of sp³-hybridized carbons (Fsp3) is 0.0588. The van der Waals surface area contributed by atoms with Gasteiger partial charge in [0.1, 0.15) is 17.6 Å². The average molecular weight is 294 g/mol. The van der Waals surface area contributed by atoms with Gasteiger partial charge in [0.25, 0.3) is 5.01 Å². The van der Waals surface area contributed by atoms with E-state index in [-0.39, 0.29) is 5.84 Å². The van der Waals surface area contributed by atoms with Crippen molar-refractivity contribution in [3.63, 3.8) is 0 Å². The first-order chi connectivity index (χ1) is 10.1. The van der Waals surface area contributed by atoms with Crippen molar-refractivity contribution in [1.82, 2.24) is 0 Å². The van der Waals surface area contributed by atoms with Crippen molar-refractivity contribution >= 4 is 39.5 Å². The van der Waals surface area contributed by atoms with E-state index in [2.05, 4.69) is 48.0 Å². The number of amidine groups is 1. The summed E-state index contributed by atoms with van der Waals surface area (Å²) in [4.78, 5) is 0. The second-order valence-corrected chi connectivity index (χ2v) is 5.90. The number of hydrogen-bond donors (Lipinski definition) is 2. The molecule has 21 heavy (non-hydrogen) atoms. The zero-order valence-corrected chi connectivity index (χ0v) is 12.5. The molecule has 0 unspecified atom stereocenters. The molecule has 0 saturated carbocycles. The Balaban J connectivity index is 1.90. The van der Waals surface area contributed by atoms with Crippen molar-refractivity contribution in [2.75, 3.05) is 0 Å². The van der Waals surface area contributed by atoms with Crippen LogP contribution in [0.3, 0.4) is 0 Å². The predicted molar refractivity (Wildman–Crippen MR) is 89.4 cm³/mol. The molecule has 0 aliphatic rings. The van der Waals surface area contributed by atoms with Crippen molar-refractivity contribution in [3.05, 3.63) is 64.7 Å². The zero-order chi connectivity index (χ0) is 14.8. The molecule has 1 heterocycles. The average Bonchev–Trinajstić information content (AvgIpc) is 2.82. The summed E-state index contributed by atoms with van der Waals surface area (Å²) in [5.74, 6) is 0.0986. The first-order valence-electron chi connectivity index (χ1n) is 6.65. The van der Waals surface area contributed by atoms with E-state index in [1.807, 2.05) is 24.3 Å². The maximum Gasteiger partial charge on any atom is 0.262 e. The molecule has 0 spiro atoms. The van der Waals surface area contributed by atoms with Crippen LogP contribution in [0, 0.1) is 5.41 Å². The van der Waals surface area contributed by atoms with E-state index in [0.717, 1.165) is 11.1 Å². The van der Waals surface area contributed by atoms with Crippen molar-refractivity contribution in [2.24, 2.45) is 12.8 Å². The number of nitrogens with zero attached hydrogens (tertiary/aromatic N) is 1. The number of aryl methyl sites for hydroxylation is 1. The highest BCUT2D eigenvalue weighted by molar-refractivity contribution is 7.18. The molecule has 0 bridgehead atoms. The Morgan fingerprint density at radius 3 is 2.48 bits per heavy atom. The topological polar surface area (TPSA) is 53.8 Å². The second kappa shape index (κ2) is 5.50. The van der Waals surface area contributed by atoms with Gasteiger partial charge in [0.2, 0.25) is 5.52 Å². The van der Waals surface area contributed by atoms with Crippen LogP contribution in [0.4, 0.5) is 0 Å². The van der Waals surface area contributed by atoms with Crippen LogP contribution < -0.4 is 10.3 Å². The van der Waals surface area contributed by atoms with Gasteiger partial charge in [-0.3, -0.25) is 5.41 Å². The van der Waals surface area contributed by atoms with Crippen LogP contribution in [0.1, 0.15) is 16.1 Å². The molecule has 0 saturated heterocycles. The molecule has 3 rings (SSSR count). The van der Waals surface area contributed by atoms with E-state index >= 15 is 0 Å². The number of hydrogen-bond acceptors (Lipinski definition) is 2. The number of benzene rings is 2. The number of aromatic nitrogens is 1. The Labute approximate surface area is 127 Å². The Hall–Kier alpha value is -2.46. The largest absolute Gasteiger partial charge is 0.384 e. The molecule has 4 heteroatoms. The molecule has 2 aromatic carbocycles. The zero-order valence-electron chi connectivity index (χ0n) is 11.7. The van der Waals surface area contributed by atoms with Gasteiger partial charge >= 0.3 is 0 Å². The minimum absolute atomic E-state index is 0.0986. The summed E-state index contributed by atoms with van der Waals surface area (Å²) in [6, 6.07) is 16.1. The van der Waals surface area contributed by atoms with E-state index in [1.54, 1.807) is 11.3 Å². The number of nitrogen functional groups attached to an aromatic ring is 1. The Kier molecular flexibility index (Phi) is 3.54. The fourth-order valence-electron chi connectivity index (χ4n) is 2.21. The Bertz CT molecular complexity index is 829. The quantitative estimate of drug-likeness (QED) is 0.435. The smallest absolute Gasteiger partial charge is 0.262 e. The van der Waals surface area contributed by atoms with E-state index in [9.17, 15) is 0 Å². The molecular weight excluding hydrogens is 278 g/mol. The molecule has 0 aliphatic carbocycles. The molecule has 3 aromatic rings. The van der Waals surface area contributed by atoms with Crippen molar-refractivity contribution in [1.29, 1.82) is 5.41 Å². The van der Waals surface area contributed by atoms with Crippen LogP contribution in [-0.2, 0) is 7.05 Å². The predicted octanol–water partition coefficient (Wildman–Crippen LogP) is 3.18.